The SMILES string of the molecule is CCOC(C)C(=O)N1CCCC1c1ncc(-c2ccccc2Cl)[nH]1. The summed E-state index contributed by atoms with van der Waals surface area (Å²) in [6.07, 6.45) is 3.23. The Morgan fingerprint density at radius 2 is 2.29 bits per heavy atom. The Bertz CT molecular complexity index is 716. The highest BCUT2D eigenvalue weighted by Crippen LogP contribution is 2.33. The van der Waals surface area contributed by atoms with Crippen LogP contribution in [0.25, 0.3) is 11.3 Å². The second kappa shape index (κ2) is 7.36. The van der Waals surface area contributed by atoms with Crippen LogP contribution in [0.3, 0.4) is 0 Å². The molecule has 1 amide bonds. The van der Waals surface area contributed by atoms with E-state index in [0.717, 1.165) is 36.5 Å². The number of H-pyrrole nitrogens is 1. The minimum absolute atomic E-state index is 0.0232. The van der Waals surface area contributed by atoms with E-state index < -0.39 is 6.10 Å². The van der Waals surface area contributed by atoms with Crippen molar-refractivity contribution in [3.05, 3.63) is 41.3 Å². The first-order valence-electron chi connectivity index (χ1n) is 8.33. The number of ether oxygens (including phenoxy) is 1. The molecular weight excluding hydrogens is 326 g/mol. The van der Waals surface area contributed by atoms with Gasteiger partial charge in [0.15, 0.2) is 0 Å². The third-order valence-electron chi connectivity index (χ3n) is 4.38. The van der Waals surface area contributed by atoms with Gasteiger partial charge >= 0.3 is 0 Å². The van der Waals surface area contributed by atoms with Gasteiger partial charge in [0.1, 0.15) is 11.9 Å². The summed E-state index contributed by atoms with van der Waals surface area (Å²) in [6.45, 7) is 4.97. The van der Waals surface area contributed by atoms with E-state index in [1.54, 1.807) is 13.1 Å². The zero-order chi connectivity index (χ0) is 17.1. The second-order valence-electron chi connectivity index (χ2n) is 5.95. The van der Waals surface area contributed by atoms with Crippen LogP contribution < -0.4 is 0 Å². The Morgan fingerprint density at radius 1 is 1.50 bits per heavy atom. The molecule has 2 unspecified atom stereocenters. The number of nitrogens with one attached hydrogen (secondary N) is 1. The first-order chi connectivity index (χ1) is 11.6. The predicted octanol–water partition coefficient (Wildman–Crippen LogP) is 3.82. The number of halogens is 1. The monoisotopic (exact) mass is 347 g/mol. The lowest BCUT2D eigenvalue weighted by molar-refractivity contribution is -0.143. The third-order valence-corrected chi connectivity index (χ3v) is 4.71. The molecule has 0 saturated carbocycles. The van der Waals surface area contributed by atoms with Crippen molar-refractivity contribution in [2.45, 2.75) is 38.8 Å². The number of nitrogens with zero attached hydrogens (tertiary/aromatic N) is 2. The summed E-state index contributed by atoms with van der Waals surface area (Å²) in [4.78, 5) is 22.3. The molecule has 1 N–H and O–H groups in total. The molecule has 1 fully saturated rings. The molecule has 0 spiro atoms. The van der Waals surface area contributed by atoms with Crippen LogP contribution in [0.5, 0.6) is 0 Å². The predicted molar refractivity (Wildman–Crippen MR) is 93.8 cm³/mol. The first kappa shape index (κ1) is 17.0. The fraction of sp³-hybridized carbons (Fsp3) is 0.444. The van der Waals surface area contributed by atoms with E-state index >= 15 is 0 Å². The van der Waals surface area contributed by atoms with Gasteiger partial charge in [0, 0.05) is 23.7 Å². The summed E-state index contributed by atoms with van der Waals surface area (Å²) >= 11 is 6.25. The average molecular weight is 348 g/mol. The highest BCUT2D eigenvalue weighted by molar-refractivity contribution is 6.33. The summed E-state index contributed by atoms with van der Waals surface area (Å²) in [6, 6.07) is 7.62. The Balaban J connectivity index is 1.81. The van der Waals surface area contributed by atoms with Gasteiger partial charge in [0.2, 0.25) is 0 Å². The van der Waals surface area contributed by atoms with Gasteiger partial charge in [-0.15, -0.1) is 0 Å². The van der Waals surface area contributed by atoms with Gasteiger partial charge in [0.05, 0.1) is 17.9 Å². The van der Waals surface area contributed by atoms with Crippen LogP contribution >= 0.6 is 11.6 Å². The van der Waals surface area contributed by atoms with Gasteiger partial charge < -0.3 is 14.6 Å². The Kier molecular flexibility index (Phi) is 5.21. The third kappa shape index (κ3) is 3.32. The van der Waals surface area contributed by atoms with Crippen LogP contribution in [0.4, 0.5) is 0 Å². The van der Waals surface area contributed by atoms with Crippen LogP contribution in [0.15, 0.2) is 30.5 Å². The molecule has 1 aliphatic rings. The average Bonchev–Trinajstić information content (AvgIpc) is 3.23. The molecule has 128 valence electrons. The largest absolute Gasteiger partial charge is 0.369 e. The zero-order valence-electron chi connectivity index (χ0n) is 14.0. The smallest absolute Gasteiger partial charge is 0.252 e. The number of rotatable bonds is 5. The summed E-state index contributed by atoms with van der Waals surface area (Å²) in [7, 11) is 0. The summed E-state index contributed by atoms with van der Waals surface area (Å²) < 4.78 is 5.45. The number of aromatic nitrogens is 2. The van der Waals surface area contributed by atoms with Gasteiger partial charge in [-0.25, -0.2) is 4.98 Å². The summed E-state index contributed by atoms with van der Waals surface area (Å²) in [5.74, 6) is 0.828. The maximum absolute atomic E-state index is 12.6. The fourth-order valence-corrected chi connectivity index (χ4v) is 3.43. The number of hydrogen-bond acceptors (Lipinski definition) is 3. The molecule has 2 heterocycles. The van der Waals surface area contributed by atoms with Crippen LogP contribution in [0, 0.1) is 0 Å². The minimum Gasteiger partial charge on any atom is -0.369 e. The Labute approximate surface area is 147 Å². The van der Waals surface area contributed by atoms with Gasteiger partial charge in [-0.05, 0) is 32.8 Å². The zero-order valence-corrected chi connectivity index (χ0v) is 14.7. The molecule has 1 aromatic carbocycles. The summed E-state index contributed by atoms with van der Waals surface area (Å²) in [5.41, 5.74) is 1.78. The quantitative estimate of drug-likeness (QED) is 0.894. The topological polar surface area (TPSA) is 58.2 Å². The lowest BCUT2D eigenvalue weighted by Gasteiger charge is -2.26. The molecule has 0 aliphatic carbocycles. The Hall–Kier alpha value is -1.85. The number of amides is 1. The van der Waals surface area contributed by atoms with Crippen molar-refractivity contribution in [2.75, 3.05) is 13.2 Å². The molecule has 2 aromatic rings. The van der Waals surface area contributed by atoms with E-state index in [9.17, 15) is 4.79 Å². The van der Waals surface area contributed by atoms with Gasteiger partial charge in [-0.2, -0.15) is 0 Å². The van der Waals surface area contributed by atoms with Crippen molar-refractivity contribution >= 4 is 17.5 Å². The standard InChI is InChI=1S/C18H22ClN3O2/c1-3-24-12(2)18(23)22-10-6-9-16(22)17-20-11-15(21-17)13-7-4-5-8-14(13)19/h4-5,7-8,11-12,16H,3,6,9-10H2,1-2H3,(H,20,21). The first-order valence-corrected chi connectivity index (χ1v) is 8.71. The number of hydrogen-bond donors (Lipinski definition) is 1. The number of aromatic amines is 1. The molecule has 2 atom stereocenters. The van der Waals surface area contributed by atoms with Crippen LogP contribution in [-0.4, -0.2) is 40.0 Å². The molecule has 3 rings (SSSR count). The molecular formula is C18H22ClN3O2. The van der Waals surface area contributed by atoms with Crippen LogP contribution in [0.2, 0.25) is 5.02 Å². The van der Waals surface area contributed by atoms with Crippen LogP contribution in [0.1, 0.15) is 38.6 Å². The van der Waals surface area contributed by atoms with Crippen molar-refractivity contribution in [3.8, 4) is 11.3 Å². The molecule has 5 nitrogen and oxygen atoms in total. The fourth-order valence-electron chi connectivity index (χ4n) is 3.19. The van der Waals surface area contributed by atoms with E-state index in [-0.39, 0.29) is 11.9 Å². The normalized spacial score (nSPS) is 18.8. The van der Waals surface area contributed by atoms with Gasteiger partial charge in [0.25, 0.3) is 5.91 Å². The molecule has 1 saturated heterocycles. The molecule has 0 bridgehead atoms. The lowest BCUT2D eigenvalue weighted by atomic mass is 10.1. The van der Waals surface area contributed by atoms with Crippen molar-refractivity contribution in [1.82, 2.24) is 14.9 Å². The van der Waals surface area contributed by atoms with E-state index in [4.69, 9.17) is 16.3 Å². The van der Waals surface area contributed by atoms with Crippen molar-refractivity contribution < 1.29 is 9.53 Å². The van der Waals surface area contributed by atoms with Gasteiger partial charge in [-0.3, -0.25) is 4.79 Å². The lowest BCUT2D eigenvalue weighted by Crippen LogP contribution is -2.39. The number of imidazole rings is 1. The van der Waals surface area contributed by atoms with Crippen LogP contribution in [-0.2, 0) is 9.53 Å². The molecule has 0 radical (unpaired) electrons. The molecule has 1 aromatic heterocycles. The van der Waals surface area contributed by atoms with Crippen molar-refractivity contribution in [3.63, 3.8) is 0 Å². The van der Waals surface area contributed by atoms with Crippen molar-refractivity contribution in [2.24, 2.45) is 0 Å². The van der Waals surface area contributed by atoms with Gasteiger partial charge in [-0.1, -0.05) is 29.8 Å². The minimum atomic E-state index is -0.423. The molecule has 24 heavy (non-hydrogen) atoms. The number of carbonyl (C=O) groups excluding carboxylic acids is 1. The second-order valence-corrected chi connectivity index (χ2v) is 6.36. The molecule has 1 aliphatic heterocycles. The number of carbonyl (C=O) groups is 1. The maximum atomic E-state index is 12.6. The van der Waals surface area contributed by atoms with E-state index in [0.29, 0.717) is 11.6 Å². The maximum Gasteiger partial charge on any atom is 0.252 e. The van der Waals surface area contributed by atoms with E-state index in [2.05, 4.69) is 9.97 Å². The number of likely N-dealkylation sites (tertiary alicyclic amines) is 1. The molecule has 6 heteroatoms. The van der Waals surface area contributed by atoms with E-state index in [1.807, 2.05) is 36.1 Å². The van der Waals surface area contributed by atoms with Crippen molar-refractivity contribution in [1.29, 1.82) is 0 Å². The Morgan fingerprint density at radius 3 is 3.04 bits per heavy atom. The van der Waals surface area contributed by atoms with E-state index in [1.165, 1.54) is 0 Å². The highest BCUT2D eigenvalue weighted by Gasteiger charge is 2.34. The number of benzene rings is 1. The highest BCUT2D eigenvalue weighted by atomic mass is 35.5. The summed E-state index contributed by atoms with van der Waals surface area (Å²) in [5, 5.41) is 0.678.